The van der Waals surface area contributed by atoms with Crippen molar-refractivity contribution in [2.75, 3.05) is 39.9 Å². The third kappa shape index (κ3) is 4.33. The van der Waals surface area contributed by atoms with Gasteiger partial charge in [-0.3, -0.25) is 4.79 Å². The number of carbonyl (C=O) groups is 1. The molecule has 0 aliphatic carbocycles. The van der Waals surface area contributed by atoms with Crippen LogP contribution < -0.4 is 5.32 Å². The molecule has 0 atom stereocenters. The predicted molar refractivity (Wildman–Crippen MR) is 64.3 cm³/mol. The highest BCUT2D eigenvalue weighted by Crippen LogP contribution is 2.10. The number of carbonyl (C=O) groups excluding carboxylic acids is 1. The fourth-order valence-corrected chi connectivity index (χ4v) is 1.74. The Bertz CT molecular complexity index is 251. The largest absolute Gasteiger partial charge is 0.380 e. The van der Waals surface area contributed by atoms with Crippen LogP contribution in [0.5, 0.6) is 0 Å². The highest BCUT2D eigenvalue weighted by atomic mass is 16.5. The van der Waals surface area contributed by atoms with Crippen LogP contribution in [0.25, 0.3) is 0 Å². The monoisotopic (exact) mass is 226 g/mol. The van der Waals surface area contributed by atoms with Crippen molar-refractivity contribution in [2.45, 2.75) is 19.8 Å². The summed E-state index contributed by atoms with van der Waals surface area (Å²) >= 11 is 0. The van der Waals surface area contributed by atoms with Gasteiger partial charge in [0.15, 0.2) is 0 Å². The van der Waals surface area contributed by atoms with Gasteiger partial charge in [0.1, 0.15) is 0 Å². The molecule has 4 nitrogen and oxygen atoms in total. The van der Waals surface area contributed by atoms with Crippen LogP contribution in [0.2, 0.25) is 0 Å². The summed E-state index contributed by atoms with van der Waals surface area (Å²) in [6.45, 7) is 5.70. The molecule has 0 bridgehead atoms. The van der Waals surface area contributed by atoms with Crippen LogP contribution in [0.1, 0.15) is 19.8 Å². The molecule has 0 aromatic heterocycles. The summed E-state index contributed by atoms with van der Waals surface area (Å²) < 4.78 is 5.07. The average molecular weight is 226 g/mol. The molecule has 16 heavy (non-hydrogen) atoms. The van der Waals surface area contributed by atoms with Crippen molar-refractivity contribution in [3.05, 3.63) is 11.6 Å². The molecule has 0 aromatic carbocycles. The van der Waals surface area contributed by atoms with Crippen molar-refractivity contribution in [1.29, 1.82) is 0 Å². The molecule has 0 unspecified atom stereocenters. The minimum absolute atomic E-state index is 0.196. The van der Waals surface area contributed by atoms with E-state index in [0.717, 1.165) is 32.5 Å². The molecule has 0 aromatic rings. The zero-order valence-corrected chi connectivity index (χ0v) is 10.3. The summed E-state index contributed by atoms with van der Waals surface area (Å²) in [5.74, 6) is 0.196. The van der Waals surface area contributed by atoms with E-state index in [0.29, 0.717) is 13.2 Å². The van der Waals surface area contributed by atoms with Gasteiger partial charge in [-0.15, -0.1) is 0 Å². The van der Waals surface area contributed by atoms with Crippen LogP contribution >= 0.6 is 0 Å². The van der Waals surface area contributed by atoms with E-state index in [9.17, 15) is 4.79 Å². The molecule has 1 aliphatic heterocycles. The summed E-state index contributed by atoms with van der Waals surface area (Å²) in [5.41, 5.74) is 1.30. The van der Waals surface area contributed by atoms with Gasteiger partial charge in [0.25, 0.3) is 0 Å². The number of nitrogens with one attached hydrogen (secondary N) is 1. The van der Waals surface area contributed by atoms with E-state index in [1.165, 1.54) is 5.57 Å². The summed E-state index contributed by atoms with van der Waals surface area (Å²) in [5, 5.41) is 3.13. The topological polar surface area (TPSA) is 41.6 Å². The molecule has 0 fully saturated rings. The van der Waals surface area contributed by atoms with Crippen molar-refractivity contribution in [3.63, 3.8) is 0 Å². The lowest BCUT2D eigenvalue weighted by Crippen LogP contribution is -2.41. The van der Waals surface area contributed by atoms with E-state index in [1.54, 1.807) is 7.11 Å². The highest BCUT2D eigenvalue weighted by molar-refractivity contribution is 5.78. The maximum Gasteiger partial charge on any atom is 0.236 e. The van der Waals surface area contributed by atoms with Gasteiger partial charge in [0, 0.05) is 20.2 Å². The van der Waals surface area contributed by atoms with Gasteiger partial charge < -0.3 is 15.0 Å². The van der Waals surface area contributed by atoms with Gasteiger partial charge in [-0.25, -0.2) is 0 Å². The Hall–Kier alpha value is -0.870. The van der Waals surface area contributed by atoms with Crippen molar-refractivity contribution in [2.24, 2.45) is 0 Å². The maximum absolute atomic E-state index is 11.7. The number of nitrogens with zero attached hydrogens (tertiary/aromatic N) is 1. The van der Waals surface area contributed by atoms with Crippen molar-refractivity contribution in [1.82, 2.24) is 10.2 Å². The van der Waals surface area contributed by atoms with E-state index in [-0.39, 0.29) is 5.91 Å². The fourth-order valence-electron chi connectivity index (χ4n) is 1.74. The second-order valence-corrected chi connectivity index (χ2v) is 4.06. The second-order valence-electron chi connectivity index (χ2n) is 4.06. The van der Waals surface area contributed by atoms with Gasteiger partial charge in [-0.2, -0.15) is 0 Å². The van der Waals surface area contributed by atoms with E-state index >= 15 is 0 Å². The third-order valence-corrected chi connectivity index (χ3v) is 2.69. The second kappa shape index (κ2) is 7.41. The first-order valence-electron chi connectivity index (χ1n) is 5.93. The number of hydrogen-bond donors (Lipinski definition) is 1. The summed E-state index contributed by atoms with van der Waals surface area (Å²) in [6, 6.07) is 0. The van der Waals surface area contributed by atoms with Crippen molar-refractivity contribution < 1.29 is 9.53 Å². The highest BCUT2D eigenvalue weighted by Gasteiger charge is 2.16. The predicted octanol–water partition coefficient (Wildman–Crippen LogP) is 0.791. The Morgan fingerprint density at radius 1 is 1.62 bits per heavy atom. The molecule has 1 amide bonds. The zero-order chi connectivity index (χ0) is 11.8. The quantitative estimate of drug-likeness (QED) is 0.538. The summed E-state index contributed by atoms with van der Waals surface area (Å²) in [6.07, 6.45) is 4.10. The first-order valence-corrected chi connectivity index (χ1v) is 5.93. The van der Waals surface area contributed by atoms with E-state index < -0.39 is 0 Å². The van der Waals surface area contributed by atoms with Crippen molar-refractivity contribution in [3.8, 4) is 0 Å². The molecule has 0 saturated heterocycles. The van der Waals surface area contributed by atoms with Gasteiger partial charge in [0.05, 0.1) is 13.2 Å². The number of methoxy groups -OCH3 is 1. The summed E-state index contributed by atoms with van der Waals surface area (Å²) in [4.78, 5) is 13.6. The van der Waals surface area contributed by atoms with Crippen LogP contribution in [-0.4, -0.2) is 50.7 Å². The molecule has 1 aliphatic rings. The lowest BCUT2D eigenvalue weighted by atomic mass is 10.1. The molecular weight excluding hydrogens is 204 g/mol. The minimum atomic E-state index is 0.196. The molecule has 1 N–H and O–H groups in total. The number of hydrogen-bond acceptors (Lipinski definition) is 3. The number of ether oxygens (including phenoxy) is 1. The van der Waals surface area contributed by atoms with Gasteiger partial charge in [-0.05, 0) is 25.0 Å². The standard InChI is InChI=1S/C12H22N2O2/c1-3-6-13-9-12(15)14-7-4-11(5-8-14)10-16-2/h4,13H,3,5-10H2,1-2H3. The molecular formula is C12H22N2O2. The molecule has 0 spiro atoms. The van der Waals surface area contributed by atoms with E-state index in [4.69, 9.17) is 4.74 Å². The first kappa shape index (κ1) is 13.2. The van der Waals surface area contributed by atoms with Crippen LogP contribution in [0, 0.1) is 0 Å². The van der Waals surface area contributed by atoms with Crippen LogP contribution in [0.4, 0.5) is 0 Å². The molecule has 4 heteroatoms. The van der Waals surface area contributed by atoms with Crippen LogP contribution in [0.3, 0.4) is 0 Å². The SMILES string of the molecule is CCCNCC(=O)N1CC=C(COC)CC1. The Labute approximate surface area is 97.6 Å². The number of rotatable bonds is 6. The van der Waals surface area contributed by atoms with Gasteiger partial charge in [0.2, 0.25) is 5.91 Å². The molecule has 1 rings (SSSR count). The Balaban J connectivity index is 2.27. The lowest BCUT2D eigenvalue weighted by molar-refractivity contribution is -0.129. The van der Waals surface area contributed by atoms with E-state index in [2.05, 4.69) is 18.3 Å². The maximum atomic E-state index is 11.7. The number of amides is 1. The summed E-state index contributed by atoms with van der Waals surface area (Å²) in [7, 11) is 1.70. The van der Waals surface area contributed by atoms with Crippen LogP contribution in [-0.2, 0) is 9.53 Å². The Morgan fingerprint density at radius 3 is 3.00 bits per heavy atom. The normalized spacial score (nSPS) is 16.1. The smallest absolute Gasteiger partial charge is 0.236 e. The lowest BCUT2D eigenvalue weighted by Gasteiger charge is -2.26. The molecule has 92 valence electrons. The molecule has 1 heterocycles. The third-order valence-electron chi connectivity index (χ3n) is 2.69. The van der Waals surface area contributed by atoms with Crippen molar-refractivity contribution >= 4 is 5.91 Å². The first-order chi connectivity index (χ1) is 7.77. The molecule has 0 radical (unpaired) electrons. The van der Waals surface area contributed by atoms with E-state index in [1.807, 2.05) is 4.90 Å². The fraction of sp³-hybridized carbons (Fsp3) is 0.750. The average Bonchev–Trinajstić information content (AvgIpc) is 2.30. The molecule has 0 saturated carbocycles. The van der Waals surface area contributed by atoms with Gasteiger partial charge >= 0.3 is 0 Å². The van der Waals surface area contributed by atoms with Gasteiger partial charge in [-0.1, -0.05) is 13.0 Å². The Kier molecular flexibility index (Phi) is 6.11. The van der Waals surface area contributed by atoms with Crippen LogP contribution in [0.15, 0.2) is 11.6 Å². The zero-order valence-electron chi connectivity index (χ0n) is 10.3. The minimum Gasteiger partial charge on any atom is -0.380 e. The Morgan fingerprint density at radius 2 is 2.44 bits per heavy atom.